The topological polar surface area (TPSA) is 34.0 Å². The van der Waals surface area contributed by atoms with Gasteiger partial charge in [-0.05, 0) is 68.0 Å². The van der Waals surface area contributed by atoms with Crippen LogP contribution in [0.3, 0.4) is 0 Å². The van der Waals surface area contributed by atoms with Gasteiger partial charge in [-0.1, -0.05) is 39.8 Å². The Morgan fingerprint density at radius 3 is 2.00 bits per heavy atom. The Hall–Kier alpha value is -2.45. The maximum Gasteiger partial charge on any atom is 0.165 e. The molecule has 0 unspecified atom stereocenters. The third kappa shape index (κ3) is 5.77. The molecule has 0 aromatic heterocycles. The summed E-state index contributed by atoms with van der Waals surface area (Å²) in [6, 6.07) is 13.1. The molecule has 0 aliphatic carbocycles. The number of halogens is 1. The molecule has 3 nitrogen and oxygen atoms in total. The van der Waals surface area contributed by atoms with Crippen molar-refractivity contribution < 1.29 is 9.13 Å². The third-order valence-electron chi connectivity index (χ3n) is 4.00. The Morgan fingerprint density at radius 2 is 1.52 bits per heavy atom. The lowest BCUT2D eigenvalue weighted by Gasteiger charge is -2.18. The molecule has 0 amide bonds. The van der Waals surface area contributed by atoms with Gasteiger partial charge in [0.2, 0.25) is 0 Å². The zero-order valence-electron chi connectivity index (χ0n) is 17.3. The predicted octanol–water partition coefficient (Wildman–Crippen LogP) is 7.47. The quantitative estimate of drug-likeness (QED) is 0.504. The third-order valence-corrected chi connectivity index (χ3v) is 4.00. The number of aliphatic imine (C=N–C) groups is 2. The summed E-state index contributed by atoms with van der Waals surface area (Å²) in [5.74, 6) is 0.893. The van der Waals surface area contributed by atoms with Crippen molar-refractivity contribution in [2.45, 2.75) is 65.8 Å². The molecule has 27 heavy (non-hydrogen) atoms. The van der Waals surface area contributed by atoms with Crippen molar-refractivity contribution in [2.24, 2.45) is 9.98 Å². The molecule has 0 aliphatic heterocycles. The van der Waals surface area contributed by atoms with Gasteiger partial charge in [0, 0.05) is 0 Å². The molecule has 4 heteroatoms. The second kappa shape index (κ2) is 8.49. The molecule has 0 heterocycles. The van der Waals surface area contributed by atoms with E-state index in [1.54, 1.807) is 18.2 Å². The molecule has 2 rings (SSSR count). The molecule has 2 aromatic rings. The van der Waals surface area contributed by atoms with Gasteiger partial charge < -0.3 is 4.74 Å². The van der Waals surface area contributed by atoms with Crippen molar-refractivity contribution in [1.82, 2.24) is 0 Å². The number of benzene rings is 2. The molecule has 0 aliphatic rings. The molecular formula is C23H29FN2O. The molecule has 0 N–H and O–H groups in total. The van der Waals surface area contributed by atoms with Gasteiger partial charge in [0.25, 0.3) is 0 Å². The highest BCUT2D eigenvalue weighted by molar-refractivity contribution is 5.64. The van der Waals surface area contributed by atoms with Gasteiger partial charge in [-0.15, -0.1) is 0 Å². The Kier molecular flexibility index (Phi) is 6.56. The minimum absolute atomic E-state index is 0.215. The van der Waals surface area contributed by atoms with Gasteiger partial charge in [-0.2, -0.15) is 4.99 Å². The molecule has 0 saturated carbocycles. The summed E-state index contributed by atoms with van der Waals surface area (Å²) in [7, 11) is 0. The van der Waals surface area contributed by atoms with E-state index in [-0.39, 0.29) is 28.9 Å². The highest BCUT2D eigenvalue weighted by Gasteiger charge is 2.17. The SMILES string of the molecule is CC(C)c1cc(Oc2ccccc2F)cc(C(C)C)c1N=C=NC(C)(C)C. The van der Waals surface area contributed by atoms with Gasteiger partial charge in [-0.3, -0.25) is 0 Å². The van der Waals surface area contributed by atoms with Crippen molar-refractivity contribution in [2.75, 3.05) is 0 Å². The van der Waals surface area contributed by atoms with Crippen LogP contribution in [0.2, 0.25) is 0 Å². The molecule has 0 fully saturated rings. The molecule has 0 spiro atoms. The summed E-state index contributed by atoms with van der Waals surface area (Å²) >= 11 is 0. The molecular weight excluding hydrogens is 339 g/mol. The zero-order valence-corrected chi connectivity index (χ0v) is 17.3. The smallest absolute Gasteiger partial charge is 0.165 e. The lowest BCUT2D eigenvalue weighted by Crippen LogP contribution is -2.08. The van der Waals surface area contributed by atoms with Crippen molar-refractivity contribution in [3.05, 3.63) is 53.3 Å². The largest absolute Gasteiger partial charge is 0.454 e. The lowest BCUT2D eigenvalue weighted by atomic mass is 9.92. The Bertz CT molecular complexity index is 828. The maximum atomic E-state index is 14.0. The van der Waals surface area contributed by atoms with E-state index in [1.165, 1.54) is 6.07 Å². The van der Waals surface area contributed by atoms with Crippen molar-refractivity contribution >= 4 is 11.7 Å². The first-order valence-corrected chi connectivity index (χ1v) is 9.36. The lowest BCUT2D eigenvalue weighted by molar-refractivity contribution is 0.441. The molecule has 0 atom stereocenters. The zero-order chi connectivity index (χ0) is 20.2. The summed E-state index contributed by atoms with van der Waals surface area (Å²) in [5, 5.41) is 0. The van der Waals surface area contributed by atoms with Crippen molar-refractivity contribution in [3.8, 4) is 11.5 Å². The molecule has 144 valence electrons. The Labute approximate surface area is 162 Å². The van der Waals surface area contributed by atoms with Crippen LogP contribution in [0.15, 0.2) is 46.4 Å². The van der Waals surface area contributed by atoms with E-state index in [0.717, 1.165) is 16.8 Å². The van der Waals surface area contributed by atoms with Gasteiger partial charge in [0.15, 0.2) is 11.6 Å². The minimum atomic E-state index is -0.380. The normalized spacial score (nSPS) is 11.5. The summed E-state index contributed by atoms with van der Waals surface area (Å²) in [6.07, 6.45) is 0. The van der Waals surface area contributed by atoms with E-state index >= 15 is 0 Å². The molecule has 0 saturated heterocycles. The van der Waals surface area contributed by atoms with Crippen LogP contribution in [-0.4, -0.2) is 11.5 Å². The van der Waals surface area contributed by atoms with Crippen LogP contribution in [0.4, 0.5) is 10.1 Å². The Balaban J connectivity index is 2.57. The molecule has 0 radical (unpaired) electrons. The highest BCUT2D eigenvalue weighted by Crippen LogP contribution is 2.39. The van der Waals surface area contributed by atoms with Crippen LogP contribution in [0.5, 0.6) is 11.5 Å². The highest BCUT2D eigenvalue weighted by atomic mass is 19.1. The van der Waals surface area contributed by atoms with Gasteiger partial charge >= 0.3 is 0 Å². The standard InChI is InChI=1S/C23H29FN2O/c1-15(2)18-12-17(27-21-11-9-8-10-20(21)24)13-19(16(3)4)22(18)25-14-26-23(5,6)7/h8-13,15-16H,1-7H3. The van der Waals surface area contributed by atoms with Crippen LogP contribution < -0.4 is 4.74 Å². The second-order valence-electron chi connectivity index (χ2n) is 8.29. The molecule has 2 aromatic carbocycles. The van der Waals surface area contributed by atoms with Crippen LogP contribution in [0.1, 0.15) is 71.4 Å². The number of rotatable bonds is 5. The number of ether oxygens (including phenoxy) is 1. The number of para-hydroxylation sites is 1. The minimum Gasteiger partial charge on any atom is -0.454 e. The van der Waals surface area contributed by atoms with E-state index in [4.69, 9.17) is 4.74 Å². The van der Waals surface area contributed by atoms with Crippen LogP contribution in [-0.2, 0) is 0 Å². The summed E-state index contributed by atoms with van der Waals surface area (Å²) in [5.41, 5.74) is 2.70. The summed E-state index contributed by atoms with van der Waals surface area (Å²) in [6.45, 7) is 14.4. The fourth-order valence-electron chi connectivity index (χ4n) is 2.60. The number of hydrogen-bond acceptors (Lipinski definition) is 3. The maximum absolute atomic E-state index is 14.0. The molecule has 0 bridgehead atoms. The van der Waals surface area contributed by atoms with E-state index in [2.05, 4.69) is 43.7 Å². The van der Waals surface area contributed by atoms with Gasteiger partial charge in [-0.25, -0.2) is 9.38 Å². The van der Waals surface area contributed by atoms with Gasteiger partial charge in [0.1, 0.15) is 5.75 Å². The van der Waals surface area contributed by atoms with E-state index in [0.29, 0.717) is 5.75 Å². The predicted molar refractivity (Wildman–Crippen MR) is 110 cm³/mol. The average molecular weight is 368 g/mol. The fourth-order valence-corrected chi connectivity index (χ4v) is 2.60. The van der Waals surface area contributed by atoms with Crippen molar-refractivity contribution in [3.63, 3.8) is 0 Å². The fraction of sp³-hybridized carbons (Fsp3) is 0.435. The first-order chi connectivity index (χ1) is 12.6. The second-order valence-corrected chi connectivity index (χ2v) is 8.29. The van der Waals surface area contributed by atoms with E-state index in [1.807, 2.05) is 32.9 Å². The number of nitrogens with zero attached hydrogens (tertiary/aromatic N) is 2. The van der Waals surface area contributed by atoms with Crippen molar-refractivity contribution in [1.29, 1.82) is 0 Å². The summed E-state index contributed by atoms with van der Waals surface area (Å²) in [4.78, 5) is 8.91. The summed E-state index contributed by atoms with van der Waals surface area (Å²) < 4.78 is 19.8. The van der Waals surface area contributed by atoms with E-state index in [9.17, 15) is 4.39 Å². The first kappa shape index (κ1) is 20.9. The first-order valence-electron chi connectivity index (χ1n) is 9.36. The number of hydrogen-bond donors (Lipinski definition) is 0. The van der Waals surface area contributed by atoms with Gasteiger partial charge in [0.05, 0.1) is 17.2 Å². The Morgan fingerprint density at radius 1 is 0.963 bits per heavy atom. The van der Waals surface area contributed by atoms with Crippen LogP contribution in [0.25, 0.3) is 0 Å². The van der Waals surface area contributed by atoms with Crippen LogP contribution in [0, 0.1) is 5.82 Å². The van der Waals surface area contributed by atoms with E-state index < -0.39 is 0 Å². The monoisotopic (exact) mass is 368 g/mol. The average Bonchev–Trinajstić information content (AvgIpc) is 2.56. The van der Waals surface area contributed by atoms with Crippen LogP contribution >= 0.6 is 0 Å².